The van der Waals surface area contributed by atoms with Gasteiger partial charge in [0, 0.05) is 34.9 Å². The third-order valence-electron chi connectivity index (χ3n) is 7.19. The van der Waals surface area contributed by atoms with E-state index < -0.39 is 0 Å². The Morgan fingerprint density at radius 2 is 1.85 bits per heavy atom. The lowest BCUT2D eigenvalue weighted by Crippen LogP contribution is -2.40. The fraction of sp³-hybridized carbons (Fsp3) is 0.423. The molecule has 6 nitrogen and oxygen atoms in total. The highest BCUT2D eigenvalue weighted by atomic mass is 32.1. The zero-order valence-electron chi connectivity index (χ0n) is 18.3. The predicted octanol–water partition coefficient (Wildman–Crippen LogP) is 5.14. The minimum absolute atomic E-state index is 0.0426. The number of Topliss-reactive ketones (excluding diaryl/α,β-unsaturated/α-hetero) is 1. The molecule has 0 unspecified atom stereocenters. The van der Waals surface area contributed by atoms with E-state index >= 15 is 0 Å². The van der Waals surface area contributed by atoms with Gasteiger partial charge in [0.15, 0.2) is 17.3 Å². The Balaban J connectivity index is 1.48. The van der Waals surface area contributed by atoms with Crippen LogP contribution in [0.1, 0.15) is 72.4 Å². The van der Waals surface area contributed by atoms with E-state index in [0.29, 0.717) is 29.9 Å². The van der Waals surface area contributed by atoms with Gasteiger partial charge in [-0.15, -0.1) is 11.3 Å². The van der Waals surface area contributed by atoms with Gasteiger partial charge in [-0.1, -0.05) is 12.5 Å². The molecule has 1 aromatic heterocycles. The van der Waals surface area contributed by atoms with Crippen molar-refractivity contribution < 1.29 is 19.1 Å². The second kappa shape index (κ2) is 8.03. The molecule has 0 fully saturated rings. The number of nitrogens with zero attached hydrogens (tertiary/aromatic N) is 2. The average molecular weight is 461 g/mol. The number of nitriles is 1. The van der Waals surface area contributed by atoms with E-state index in [1.807, 2.05) is 18.2 Å². The van der Waals surface area contributed by atoms with Crippen LogP contribution in [-0.4, -0.2) is 18.5 Å². The first-order chi connectivity index (χ1) is 16.2. The normalized spacial score (nSPS) is 22.0. The van der Waals surface area contributed by atoms with Crippen LogP contribution < -0.4 is 14.4 Å². The molecule has 1 aromatic carbocycles. The summed E-state index contributed by atoms with van der Waals surface area (Å²) in [5.74, 6) is 1.11. The van der Waals surface area contributed by atoms with Gasteiger partial charge in [-0.05, 0) is 61.8 Å². The molecule has 0 N–H and O–H groups in total. The number of allylic oxidation sites excluding steroid dienone is 2. The second-order valence-electron chi connectivity index (χ2n) is 9.09. The van der Waals surface area contributed by atoms with E-state index in [2.05, 4.69) is 6.07 Å². The van der Waals surface area contributed by atoms with Gasteiger partial charge in [0.25, 0.3) is 0 Å². The molecular weight excluding hydrogens is 436 g/mol. The summed E-state index contributed by atoms with van der Waals surface area (Å²) in [7, 11) is 0. The number of carbonyl (C=O) groups is 2. The molecule has 6 rings (SSSR count). The lowest BCUT2D eigenvalue weighted by atomic mass is 9.77. The molecule has 0 spiro atoms. The first-order valence-electron chi connectivity index (χ1n) is 11.7. The molecule has 7 heteroatoms. The molecule has 0 saturated heterocycles. The molecule has 1 amide bonds. The largest absolute Gasteiger partial charge is 0.454 e. The Hall–Kier alpha value is -3.11. The SMILES string of the molecule is N#Cc1c(N2C(=O)C[C@@H](c3ccc4c(c3)OCO4)C3=C2CCCC3=O)sc2c1CCCCC2. The third-order valence-corrected chi connectivity index (χ3v) is 8.47. The number of hydrogen-bond donors (Lipinski definition) is 0. The third kappa shape index (κ3) is 3.27. The highest BCUT2D eigenvalue weighted by Gasteiger charge is 2.42. The van der Waals surface area contributed by atoms with Crippen molar-refractivity contribution in [1.82, 2.24) is 0 Å². The van der Waals surface area contributed by atoms with Crippen molar-refractivity contribution in [3.63, 3.8) is 0 Å². The highest BCUT2D eigenvalue weighted by Crippen LogP contribution is 2.48. The number of ether oxygens (including phenoxy) is 2. The number of ketones is 1. The maximum Gasteiger partial charge on any atom is 0.232 e. The van der Waals surface area contributed by atoms with Gasteiger partial charge in [0.05, 0.1) is 5.56 Å². The number of fused-ring (bicyclic) bond motifs is 2. The van der Waals surface area contributed by atoms with Gasteiger partial charge in [0.1, 0.15) is 11.1 Å². The quantitative estimate of drug-likeness (QED) is 0.580. The van der Waals surface area contributed by atoms with E-state index in [-0.39, 0.29) is 30.8 Å². The molecule has 2 aliphatic carbocycles. The molecule has 33 heavy (non-hydrogen) atoms. The molecule has 1 atom stereocenters. The minimum atomic E-state index is -0.297. The van der Waals surface area contributed by atoms with Crippen molar-refractivity contribution in [3.8, 4) is 17.6 Å². The summed E-state index contributed by atoms with van der Waals surface area (Å²) in [6, 6.07) is 8.09. The minimum Gasteiger partial charge on any atom is -0.454 e. The van der Waals surface area contributed by atoms with Crippen LogP contribution in [-0.2, 0) is 22.4 Å². The Labute approximate surface area is 196 Å². The highest BCUT2D eigenvalue weighted by molar-refractivity contribution is 7.16. The second-order valence-corrected chi connectivity index (χ2v) is 10.2. The van der Waals surface area contributed by atoms with Gasteiger partial charge in [0.2, 0.25) is 12.7 Å². The van der Waals surface area contributed by atoms with Crippen LogP contribution in [0.5, 0.6) is 11.5 Å². The number of benzene rings is 1. The fourth-order valence-corrected chi connectivity index (χ4v) is 7.03. The van der Waals surface area contributed by atoms with Crippen molar-refractivity contribution in [3.05, 3.63) is 51.0 Å². The summed E-state index contributed by atoms with van der Waals surface area (Å²) in [6.45, 7) is 0.184. The lowest BCUT2D eigenvalue weighted by molar-refractivity contribution is -0.119. The van der Waals surface area contributed by atoms with E-state index in [0.717, 1.165) is 59.5 Å². The molecule has 2 aliphatic heterocycles. The van der Waals surface area contributed by atoms with Gasteiger partial charge in [-0.2, -0.15) is 5.26 Å². The van der Waals surface area contributed by atoms with E-state index in [9.17, 15) is 14.9 Å². The van der Waals surface area contributed by atoms with Gasteiger partial charge < -0.3 is 9.47 Å². The van der Waals surface area contributed by atoms with Crippen LogP contribution in [0.4, 0.5) is 5.00 Å². The number of rotatable bonds is 2. The van der Waals surface area contributed by atoms with E-state index in [1.165, 1.54) is 11.3 Å². The number of aryl methyl sites for hydroxylation is 1. The van der Waals surface area contributed by atoms with Crippen molar-refractivity contribution >= 4 is 28.0 Å². The van der Waals surface area contributed by atoms with E-state index in [4.69, 9.17) is 9.47 Å². The van der Waals surface area contributed by atoms with Crippen LogP contribution >= 0.6 is 11.3 Å². The lowest BCUT2D eigenvalue weighted by Gasteiger charge is -2.37. The van der Waals surface area contributed by atoms with Crippen LogP contribution in [0, 0.1) is 11.3 Å². The standard InChI is InChI=1S/C26H24N2O4S/c27-13-18-16-5-2-1-3-8-23(16)33-26(18)28-19-6-4-7-20(29)25(19)17(12-24(28)30)15-9-10-21-22(11-15)32-14-31-21/h9-11,17H,1-8,12,14H2/t17-/m0/s1. The number of anilines is 1. The van der Waals surface area contributed by atoms with Crippen LogP contribution in [0.3, 0.4) is 0 Å². The summed E-state index contributed by atoms with van der Waals surface area (Å²) >= 11 is 1.58. The van der Waals surface area contributed by atoms with Crippen molar-refractivity contribution in [2.24, 2.45) is 0 Å². The molecule has 0 saturated carbocycles. The predicted molar refractivity (Wildman–Crippen MR) is 124 cm³/mol. The van der Waals surface area contributed by atoms with E-state index in [1.54, 1.807) is 16.2 Å². The molecule has 0 radical (unpaired) electrons. The molecule has 3 heterocycles. The number of carbonyl (C=O) groups excluding carboxylic acids is 2. The number of thiophene rings is 1. The molecule has 168 valence electrons. The summed E-state index contributed by atoms with van der Waals surface area (Å²) in [5, 5.41) is 10.8. The Kier molecular flexibility index (Phi) is 4.99. The monoisotopic (exact) mass is 460 g/mol. The first kappa shape index (κ1) is 20.5. The fourth-order valence-electron chi connectivity index (χ4n) is 5.64. The Bertz CT molecular complexity index is 1250. The van der Waals surface area contributed by atoms with Gasteiger partial charge in [-0.25, -0.2) is 0 Å². The summed E-state index contributed by atoms with van der Waals surface area (Å²) in [6.07, 6.45) is 7.30. The maximum atomic E-state index is 13.6. The van der Waals surface area contributed by atoms with Gasteiger partial charge in [-0.3, -0.25) is 14.5 Å². The topological polar surface area (TPSA) is 79.6 Å². The summed E-state index contributed by atoms with van der Waals surface area (Å²) < 4.78 is 11.0. The maximum absolute atomic E-state index is 13.6. The summed E-state index contributed by atoms with van der Waals surface area (Å²) in [4.78, 5) is 29.8. The molecular formula is C26H24N2O4S. The van der Waals surface area contributed by atoms with Crippen LogP contribution in [0.2, 0.25) is 0 Å². The molecule has 0 bridgehead atoms. The summed E-state index contributed by atoms with van der Waals surface area (Å²) in [5.41, 5.74) is 4.17. The van der Waals surface area contributed by atoms with Crippen molar-refractivity contribution in [1.29, 1.82) is 5.26 Å². The number of hydrogen-bond acceptors (Lipinski definition) is 6. The van der Waals surface area contributed by atoms with Crippen molar-refractivity contribution in [2.75, 3.05) is 11.7 Å². The van der Waals surface area contributed by atoms with Gasteiger partial charge >= 0.3 is 0 Å². The van der Waals surface area contributed by atoms with Crippen LogP contribution in [0.25, 0.3) is 0 Å². The Morgan fingerprint density at radius 3 is 2.73 bits per heavy atom. The average Bonchev–Trinajstić information content (AvgIpc) is 3.35. The van der Waals surface area contributed by atoms with Crippen molar-refractivity contribution in [2.45, 2.75) is 63.7 Å². The smallest absolute Gasteiger partial charge is 0.232 e. The van der Waals surface area contributed by atoms with Crippen LogP contribution in [0.15, 0.2) is 29.5 Å². The molecule has 2 aromatic rings. The Morgan fingerprint density at radius 1 is 1.00 bits per heavy atom. The zero-order chi connectivity index (χ0) is 22.5. The molecule has 4 aliphatic rings. The first-order valence-corrected chi connectivity index (χ1v) is 12.5. The number of amides is 1. The zero-order valence-corrected chi connectivity index (χ0v) is 19.1.